The van der Waals surface area contributed by atoms with Crippen LogP contribution in [0.1, 0.15) is 0 Å². The van der Waals surface area contributed by atoms with Crippen molar-refractivity contribution >= 4 is 54.9 Å². The van der Waals surface area contributed by atoms with Crippen molar-refractivity contribution in [1.82, 2.24) is 3.97 Å². The topological polar surface area (TPSA) is 51.1 Å². The standard InChI is InChI=1S/C16H14N2O2S3/c1-22-16(21)17-13-7-8-15-12(11-13)9-10-18(15)23(19,20)14-5-3-2-4-6-14/h2-11H,1H3,(H,17,21). The van der Waals surface area contributed by atoms with E-state index < -0.39 is 10.0 Å². The van der Waals surface area contributed by atoms with Gasteiger partial charge in [-0.25, -0.2) is 12.4 Å². The van der Waals surface area contributed by atoms with E-state index in [4.69, 9.17) is 12.2 Å². The molecule has 0 spiro atoms. The third-order valence-corrected chi connectivity index (χ3v) is 6.17. The third-order valence-electron chi connectivity index (χ3n) is 3.39. The summed E-state index contributed by atoms with van der Waals surface area (Å²) in [6, 6.07) is 15.7. The number of thiocarbonyl (C=S) groups is 1. The second-order valence-corrected chi connectivity index (χ2v) is 8.12. The van der Waals surface area contributed by atoms with E-state index in [2.05, 4.69) is 5.32 Å². The largest absolute Gasteiger partial charge is 0.341 e. The summed E-state index contributed by atoms with van der Waals surface area (Å²) < 4.78 is 27.4. The number of thioether (sulfide) groups is 1. The van der Waals surface area contributed by atoms with Crippen LogP contribution in [-0.4, -0.2) is 23.0 Å². The van der Waals surface area contributed by atoms with Gasteiger partial charge in [0.1, 0.15) is 4.32 Å². The highest BCUT2D eigenvalue weighted by Crippen LogP contribution is 2.25. The van der Waals surface area contributed by atoms with Crippen molar-refractivity contribution in [1.29, 1.82) is 0 Å². The fourth-order valence-electron chi connectivity index (χ4n) is 2.28. The summed E-state index contributed by atoms with van der Waals surface area (Å²) >= 11 is 6.59. The highest BCUT2D eigenvalue weighted by molar-refractivity contribution is 8.22. The Morgan fingerprint density at radius 1 is 1.13 bits per heavy atom. The molecule has 3 aromatic rings. The third kappa shape index (κ3) is 3.12. The van der Waals surface area contributed by atoms with Crippen LogP contribution in [0.3, 0.4) is 0 Å². The number of nitrogens with one attached hydrogen (secondary N) is 1. The van der Waals surface area contributed by atoms with Gasteiger partial charge in [0.15, 0.2) is 0 Å². The Labute approximate surface area is 144 Å². The van der Waals surface area contributed by atoms with Crippen molar-refractivity contribution < 1.29 is 8.42 Å². The second-order valence-electron chi connectivity index (χ2n) is 4.82. The SMILES string of the molecule is CSC(=S)Nc1ccc2c(ccn2S(=O)(=O)c2ccccc2)c1. The summed E-state index contributed by atoms with van der Waals surface area (Å²) in [5.74, 6) is 0. The van der Waals surface area contributed by atoms with Gasteiger partial charge in [0, 0.05) is 17.3 Å². The van der Waals surface area contributed by atoms with E-state index in [0.717, 1.165) is 11.1 Å². The molecule has 0 bridgehead atoms. The molecule has 0 aliphatic rings. The van der Waals surface area contributed by atoms with Gasteiger partial charge in [-0.05, 0) is 42.7 Å². The summed E-state index contributed by atoms with van der Waals surface area (Å²) in [7, 11) is -3.60. The fraction of sp³-hybridized carbons (Fsp3) is 0.0625. The van der Waals surface area contributed by atoms with Crippen LogP contribution in [0, 0.1) is 0 Å². The smallest absolute Gasteiger partial charge is 0.268 e. The maximum absolute atomic E-state index is 12.7. The van der Waals surface area contributed by atoms with Gasteiger partial charge in [-0.2, -0.15) is 0 Å². The van der Waals surface area contributed by atoms with Gasteiger partial charge in [0.05, 0.1) is 10.4 Å². The lowest BCUT2D eigenvalue weighted by atomic mass is 10.2. The molecule has 23 heavy (non-hydrogen) atoms. The number of hydrogen-bond donors (Lipinski definition) is 1. The van der Waals surface area contributed by atoms with Crippen molar-refractivity contribution in [3.63, 3.8) is 0 Å². The Balaban J connectivity index is 2.05. The zero-order valence-electron chi connectivity index (χ0n) is 12.3. The molecular formula is C16H14N2O2S3. The first-order valence-electron chi connectivity index (χ1n) is 6.79. The van der Waals surface area contributed by atoms with Crippen molar-refractivity contribution in [3.05, 3.63) is 60.8 Å². The molecule has 3 rings (SSSR count). The minimum absolute atomic E-state index is 0.267. The Morgan fingerprint density at radius 3 is 2.57 bits per heavy atom. The quantitative estimate of drug-likeness (QED) is 0.715. The van der Waals surface area contributed by atoms with E-state index in [-0.39, 0.29) is 4.90 Å². The lowest BCUT2D eigenvalue weighted by Crippen LogP contribution is -2.11. The Kier molecular flexibility index (Phi) is 4.43. The average molecular weight is 363 g/mol. The monoisotopic (exact) mass is 362 g/mol. The van der Waals surface area contributed by atoms with Crippen molar-refractivity contribution in [2.24, 2.45) is 0 Å². The molecule has 1 N–H and O–H groups in total. The lowest BCUT2D eigenvalue weighted by molar-refractivity contribution is 0.589. The molecule has 2 aromatic carbocycles. The number of benzene rings is 2. The van der Waals surface area contributed by atoms with Crippen LogP contribution in [0.25, 0.3) is 10.9 Å². The minimum atomic E-state index is -3.60. The predicted octanol–water partition coefficient (Wildman–Crippen LogP) is 3.94. The predicted molar refractivity (Wildman–Crippen MR) is 101 cm³/mol. The molecule has 1 aromatic heterocycles. The maximum atomic E-state index is 12.7. The van der Waals surface area contributed by atoms with E-state index in [0.29, 0.717) is 9.84 Å². The first kappa shape index (κ1) is 16.0. The van der Waals surface area contributed by atoms with Crippen LogP contribution in [0.5, 0.6) is 0 Å². The Hall–Kier alpha value is -1.83. The van der Waals surface area contributed by atoms with E-state index in [1.54, 1.807) is 48.7 Å². The highest BCUT2D eigenvalue weighted by Gasteiger charge is 2.18. The molecule has 118 valence electrons. The molecule has 4 nitrogen and oxygen atoms in total. The average Bonchev–Trinajstić information content (AvgIpc) is 2.99. The second kappa shape index (κ2) is 6.35. The molecule has 0 aliphatic heterocycles. The van der Waals surface area contributed by atoms with Gasteiger partial charge < -0.3 is 5.32 Å². The number of anilines is 1. The fourth-order valence-corrected chi connectivity index (χ4v) is 3.99. The zero-order valence-corrected chi connectivity index (χ0v) is 14.7. The van der Waals surface area contributed by atoms with Gasteiger partial charge >= 0.3 is 0 Å². The van der Waals surface area contributed by atoms with Crippen LogP contribution >= 0.6 is 24.0 Å². The van der Waals surface area contributed by atoms with E-state index in [1.165, 1.54) is 15.7 Å². The molecule has 0 radical (unpaired) electrons. The molecule has 0 saturated carbocycles. The van der Waals surface area contributed by atoms with Crippen LogP contribution in [0.2, 0.25) is 0 Å². The summed E-state index contributed by atoms with van der Waals surface area (Å²) in [5.41, 5.74) is 1.47. The summed E-state index contributed by atoms with van der Waals surface area (Å²) in [6.07, 6.45) is 3.47. The number of nitrogens with zero attached hydrogens (tertiary/aromatic N) is 1. The van der Waals surface area contributed by atoms with Crippen molar-refractivity contribution in [3.8, 4) is 0 Å². The van der Waals surface area contributed by atoms with E-state index >= 15 is 0 Å². The first-order valence-corrected chi connectivity index (χ1v) is 9.86. The van der Waals surface area contributed by atoms with Crippen molar-refractivity contribution in [2.75, 3.05) is 11.6 Å². The van der Waals surface area contributed by atoms with E-state index in [9.17, 15) is 8.42 Å². The molecule has 1 heterocycles. The molecule has 0 fully saturated rings. The minimum Gasteiger partial charge on any atom is -0.341 e. The van der Waals surface area contributed by atoms with Gasteiger partial charge in [0.2, 0.25) is 0 Å². The van der Waals surface area contributed by atoms with Crippen LogP contribution in [-0.2, 0) is 10.0 Å². The Bertz CT molecular complexity index is 963. The molecular weight excluding hydrogens is 348 g/mol. The zero-order chi connectivity index (χ0) is 16.4. The summed E-state index contributed by atoms with van der Waals surface area (Å²) in [4.78, 5) is 0.267. The Morgan fingerprint density at radius 2 is 1.87 bits per heavy atom. The van der Waals surface area contributed by atoms with Gasteiger partial charge in [-0.15, -0.1) is 11.8 Å². The number of hydrogen-bond acceptors (Lipinski definition) is 4. The molecule has 0 unspecified atom stereocenters. The number of aromatic nitrogens is 1. The van der Waals surface area contributed by atoms with Crippen LogP contribution < -0.4 is 5.32 Å². The molecule has 0 amide bonds. The molecule has 0 atom stereocenters. The highest BCUT2D eigenvalue weighted by atomic mass is 32.2. The molecule has 0 aliphatic carbocycles. The van der Waals surface area contributed by atoms with Gasteiger partial charge in [0.25, 0.3) is 10.0 Å². The van der Waals surface area contributed by atoms with Gasteiger partial charge in [-0.1, -0.05) is 30.4 Å². The first-order chi connectivity index (χ1) is 11.0. The van der Waals surface area contributed by atoms with Crippen LogP contribution in [0.15, 0.2) is 65.7 Å². The normalized spacial score (nSPS) is 11.5. The number of rotatable bonds is 3. The lowest BCUT2D eigenvalue weighted by Gasteiger charge is -2.09. The molecule has 0 saturated heterocycles. The van der Waals surface area contributed by atoms with E-state index in [1.807, 2.05) is 18.4 Å². The maximum Gasteiger partial charge on any atom is 0.268 e. The van der Waals surface area contributed by atoms with Crippen LogP contribution in [0.4, 0.5) is 5.69 Å². The number of fused-ring (bicyclic) bond motifs is 1. The van der Waals surface area contributed by atoms with Crippen molar-refractivity contribution in [2.45, 2.75) is 4.90 Å². The summed E-state index contributed by atoms with van der Waals surface area (Å²) in [5, 5.41) is 3.93. The molecule has 7 heteroatoms. The summed E-state index contributed by atoms with van der Waals surface area (Å²) in [6.45, 7) is 0. The van der Waals surface area contributed by atoms with Gasteiger partial charge in [-0.3, -0.25) is 0 Å².